The van der Waals surface area contributed by atoms with E-state index in [9.17, 15) is 20.2 Å². The molecule has 37 heavy (non-hydrogen) atoms. The standard InChI is InChI=1S/C29H23N3O5/c1-19-10-12-24(32(34)35)16-26(19)31-29(33)23(17-30)14-20-11-13-27(28(15-20)36-2)37-18-22-8-5-7-21-6-3-4-9-25(21)22/h3-16H,18H2,1-2H3,(H,31,33)/b23-14+. The number of hydrogen-bond acceptors (Lipinski definition) is 6. The van der Waals surface area contributed by atoms with E-state index in [0.717, 1.165) is 16.3 Å². The topological polar surface area (TPSA) is 114 Å². The second-order valence-electron chi connectivity index (χ2n) is 8.22. The molecule has 0 fully saturated rings. The van der Waals surface area contributed by atoms with Gasteiger partial charge < -0.3 is 14.8 Å². The van der Waals surface area contributed by atoms with E-state index in [-0.39, 0.29) is 16.9 Å². The van der Waals surface area contributed by atoms with Gasteiger partial charge in [0.15, 0.2) is 11.5 Å². The van der Waals surface area contributed by atoms with Crippen LogP contribution in [0.3, 0.4) is 0 Å². The predicted molar refractivity (Wildman–Crippen MR) is 141 cm³/mol. The number of nitrogens with one attached hydrogen (secondary N) is 1. The zero-order chi connectivity index (χ0) is 26.4. The van der Waals surface area contributed by atoms with Crippen molar-refractivity contribution < 1.29 is 19.2 Å². The van der Waals surface area contributed by atoms with Crippen molar-refractivity contribution in [3.63, 3.8) is 0 Å². The fourth-order valence-corrected chi connectivity index (χ4v) is 3.83. The minimum atomic E-state index is -0.679. The summed E-state index contributed by atoms with van der Waals surface area (Å²) < 4.78 is 11.5. The van der Waals surface area contributed by atoms with Crippen LogP contribution in [0.2, 0.25) is 0 Å². The average Bonchev–Trinajstić information content (AvgIpc) is 2.91. The van der Waals surface area contributed by atoms with Crippen molar-refractivity contribution in [1.82, 2.24) is 0 Å². The molecule has 0 aliphatic carbocycles. The largest absolute Gasteiger partial charge is 0.493 e. The lowest BCUT2D eigenvalue weighted by Crippen LogP contribution is -2.14. The third-order valence-corrected chi connectivity index (χ3v) is 5.81. The van der Waals surface area contributed by atoms with Crippen molar-refractivity contribution in [2.24, 2.45) is 0 Å². The number of rotatable bonds is 8. The Morgan fingerprint density at radius 1 is 1.05 bits per heavy atom. The van der Waals surface area contributed by atoms with Gasteiger partial charge in [-0.15, -0.1) is 0 Å². The Labute approximate surface area is 213 Å². The van der Waals surface area contributed by atoms with Crippen LogP contribution in [0, 0.1) is 28.4 Å². The Balaban J connectivity index is 1.53. The van der Waals surface area contributed by atoms with E-state index in [1.54, 1.807) is 25.1 Å². The van der Waals surface area contributed by atoms with Gasteiger partial charge in [0.05, 0.1) is 17.7 Å². The number of carbonyl (C=O) groups excluding carboxylic acids is 1. The lowest BCUT2D eigenvalue weighted by atomic mass is 10.1. The maximum Gasteiger partial charge on any atom is 0.271 e. The number of hydrogen-bond donors (Lipinski definition) is 1. The highest BCUT2D eigenvalue weighted by molar-refractivity contribution is 6.10. The molecule has 0 spiro atoms. The summed E-state index contributed by atoms with van der Waals surface area (Å²) in [6.07, 6.45) is 1.42. The van der Waals surface area contributed by atoms with Crippen LogP contribution in [0.15, 0.2) is 84.4 Å². The Kier molecular flexibility index (Phi) is 7.45. The van der Waals surface area contributed by atoms with Crippen LogP contribution >= 0.6 is 0 Å². The number of anilines is 1. The molecule has 0 bridgehead atoms. The number of fused-ring (bicyclic) bond motifs is 1. The first kappa shape index (κ1) is 24.9. The van der Waals surface area contributed by atoms with Crippen LogP contribution in [-0.4, -0.2) is 17.9 Å². The number of carbonyl (C=O) groups is 1. The first-order valence-electron chi connectivity index (χ1n) is 11.3. The molecule has 4 aromatic rings. The average molecular weight is 494 g/mol. The molecule has 0 saturated carbocycles. The van der Waals surface area contributed by atoms with E-state index in [4.69, 9.17) is 9.47 Å². The Morgan fingerprint density at radius 2 is 1.84 bits per heavy atom. The Morgan fingerprint density at radius 3 is 2.59 bits per heavy atom. The molecule has 4 aromatic carbocycles. The van der Waals surface area contributed by atoms with Gasteiger partial charge in [0.1, 0.15) is 18.2 Å². The zero-order valence-electron chi connectivity index (χ0n) is 20.2. The number of nitro benzene ring substituents is 1. The maximum absolute atomic E-state index is 12.7. The third-order valence-electron chi connectivity index (χ3n) is 5.81. The fraction of sp³-hybridized carbons (Fsp3) is 0.103. The van der Waals surface area contributed by atoms with E-state index in [1.165, 1.54) is 31.4 Å². The summed E-state index contributed by atoms with van der Waals surface area (Å²) in [5, 5.41) is 25.5. The molecule has 0 aliphatic rings. The molecule has 8 nitrogen and oxygen atoms in total. The molecule has 0 aromatic heterocycles. The summed E-state index contributed by atoms with van der Waals surface area (Å²) in [4.78, 5) is 23.3. The molecule has 184 valence electrons. The normalized spacial score (nSPS) is 11.0. The third kappa shape index (κ3) is 5.74. The van der Waals surface area contributed by atoms with Gasteiger partial charge in [-0.05, 0) is 52.6 Å². The quantitative estimate of drug-likeness (QED) is 0.135. The zero-order valence-corrected chi connectivity index (χ0v) is 20.2. The second-order valence-corrected chi connectivity index (χ2v) is 8.22. The SMILES string of the molecule is COc1cc(/C=C(\C#N)C(=O)Nc2cc([N+](=O)[O-])ccc2C)ccc1OCc1cccc2ccccc12. The van der Waals surface area contributed by atoms with Crippen LogP contribution in [0.25, 0.3) is 16.8 Å². The van der Waals surface area contributed by atoms with Crippen LogP contribution in [0.1, 0.15) is 16.7 Å². The minimum Gasteiger partial charge on any atom is -0.493 e. The van der Waals surface area contributed by atoms with Crippen molar-refractivity contribution in [2.45, 2.75) is 13.5 Å². The number of methoxy groups -OCH3 is 1. The van der Waals surface area contributed by atoms with Gasteiger partial charge in [-0.1, -0.05) is 54.6 Å². The molecule has 4 rings (SSSR count). The number of nitriles is 1. The van der Waals surface area contributed by atoms with E-state index in [1.807, 2.05) is 48.5 Å². The molecular weight excluding hydrogens is 470 g/mol. The summed E-state index contributed by atoms with van der Waals surface area (Å²) in [5.41, 5.74) is 2.14. The van der Waals surface area contributed by atoms with Crippen molar-refractivity contribution in [3.05, 3.63) is 111 Å². The number of ether oxygens (including phenoxy) is 2. The van der Waals surface area contributed by atoms with Crippen molar-refractivity contribution in [1.29, 1.82) is 5.26 Å². The number of aryl methyl sites for hydroxylation is 1. The second kappa shape index (κ2) is 11.1. The van der Waals surface area contributed by atoms with Gasteiger partial charge >= 0.3 is 0 Å². The highest BCUT2D eigenvalue weighted by atomic mass is 16.6. The highest BCUT2D eigenvalue weighted by Gasteiger charge is 2.15. The van der Waals surface area contributed by atoms with E-state index in [0.29, 0.717) is 29.2 Å². The predicted octanol–water partition coefficient (Wildman–Crippen LogP) is 6.19. The van der Waals surface area contributed by atoms with Crippen molar-refractivity contribution in [2.75, 3.05) is 12.4 Å². The first-order valence-corrected chi connectivity index (χ1v) is 11.3. The number of nitro groups is 1. The molecule has 0 saturated heterocycles. The summed E-state index contributed by atoms with van der Waals surface area (Å²) >= 11 is 0. The molecule has 1 amide bonds. The molecule has 0 atom stereocenters. The number of nitrogens with zero attached hydrogens (tertiary/aromatic N) is 2. The molecule has 0 radical (unpaired) electrons. The smallest absolute Gasteiger partial charge is 0.271 e. The molecule has 0 unspecified atom stereocenters. The molecule has 0 heterocycles. The van der Waals surface area contributed by atoms with Gasteiger partial charge in [0.2, 0.25) is 0 Å². The van der Waals surface area contributed by atoms with Crippen LogP contribution < -0.4 is 14.8 Å². The van der Waals surface area contributed by atoms with Crippen LogP contribution in [-0.2, 0) is 11.4 Å². The van der Waals surface area contributed by atoms with Crippen LogP contribution in [0.4, 0.5) is 11.4 Å². The number of benzene rings is 4. The summed E-state index contributed by atoms with van der Waals surface area (Å²) in [5.74, 6) is 0.283. The minimum absolute atomic E-state index is 0.160. The summed E-state index contributed by atoms with van der Waals surface area (Å²) in [6.45, 7) is 2.04. The van der Waals surface area contributed by atoms with Gasteiger partial charge in [-0.25, -0.2) is 0 Å². The molecule has 0 aliphatic heterocycles. The summed E-state index contributed by atoms with van der Waals surface area (Å²) in [6, 6.07) is 25.2. The molecule has 8 heteroatoms. The number of non-ortho nitro benzene ring substituents is 1. The van der Waals surface area contributed by atoms with E-state index < -0.39 is 10.8 Å². The summed E-state index contributed by atoms with van der Waals surface area (Å²) in [7, 11) is 1.51. The van der Waals surface area contributed by atoms with E-state index in [2.05, 4.69) is 5.32 Å². The van der Waals surface area contributed by atoms with Gasteiger partial charge in [0, 0.05) is 12.1 Å². The highest BCUT2D eigenvalue weighted by Crippen LogP contribution is 2.31. The van der Waals surface area contributed by atoms with Crippen molar-refractivity contribution >= 4 is 34.1 Å². The van der Waals surface area contributed by atoms with Gasteiger partial charge in [0.25, 0.3) is 11.6 Å². The van der Waals surface area contributed by atoms with Crippen LogP contribution in [0.5, 0.6) is 11.5 Å². The molecule has 1 N–H and O–H groups in total. The van der Waals surface area contributed by atoms with Gasteiger partial charge in [-0.3, -0.25) is 14.9 Å². The van der Waals surface area contributed by atoms with Crippen molar-refractivity contribution in [3.8, 4) is 17.6 Å². The molecular formula is C29H23N3O5. The Hall–Kier alpha value is -5.16. The number of amides is 1. The van der Waals surface area contributed by atoms with Gasteiger partial charge in [-0.2, -0.15) is 5.26 Å². The lowest BCUT2D eigenvalue weighted by molar-refractivity contribution is -0.384. The maximum atomic E-state index is 12.7. The first-order chi connectivity index (χ1) is 17.9. The lowest BCUT2D eigenvalue weighted by Gasteiger charge is -2.13. The van der Waals surface area contributed by atoms with E-state index >= 15 is 0 Å². The fourth-order valence-electron chi connectivity index (χ4n) is 3.83. The monoisotopic (exact) mass is 493 g/mol. The Bertz CT molecular complexity index is 1560.